The van der Waals surface area contributed by atoms with Crippen LogP contribution in [0.1, 0.15) is 17.4 Å². The lowest BCUT2D eigenvalue weighted by Crippen LogP contribution is -2.14. The van der Waals surface area contributed by atoms with Crippen molar-refractivity contribution in [2.45, 2.75) is 11.3 Å². The van der Waals surface area contributed by atoms with E-state index >= 15 is 0 Å². The number of carbonyl (C=O) groups excluding carboxylic acids is 2. The van der Waals surface area contributed by atoms with E-state index in [1.165, 1.54) is 59.4 Å². The summed E-state index contributed by atoms with van der Waals surface area (Å²) in [6, 6.07) is 11.1. The summed E-state index contributed by atoms with van der Waals surface area (Å²) in [4.78, 5) is 24.9. The van der Waals surface area contributed by atoms with Gasteiger partial charge < -0.3 is 10.1 Å². The number of ether oxygens (including phenoxy) is 1. The fourth-order valence-corrected chi connectivity index (χ4v) is 4.38. The molecule has 9 nitrogen and oxygen atoms in total. The van der Waals surface area contributed by atoms with Crippen LogP contribution in [0.3, 0.4) is 0 Å². The van der Waals surface area contributed by atoms with E-state index < -0.39 is 11.7 Å². The number of hydrogen-bond donors (Lipinski definition) is 2. The number of amides is 2. The minimum absolute atomic E-state index is 0.0271. The number of aromatic nitrogens is 4. The minimum atomic E-state index is -0.559. The van der Waals surface area contributed by atoms with Crippen molar-refractivity contribution in [3.8, 4) is 11.4 Å². The molecule has 0 aliphatic rings. The highest BCUT2D eigenvalue weighted by Crippen LogP contribution is 2.27. The van der Waals surface area contributed by atoms with Crippen molar-refractivity contribution in [1.82, 2.24) is 20.0 Å². The molecule has 0 fully saturated rings. The molecule has 35 heavy (non-hydrogen) atoms. The van der Waals surface area contributed by atoms with Crippen LogP contribution in [-0.2, 0) is 4.79 Å². The number of thioether (sulfide) groups is 1. The Hall–Kier alpha value is -3.84. The zero-order chi connectivity index (χ0) is 24.8. The molecule has 2 heterocycles. The molecule has 4 aromatic rings. The highest BCUT2D eigenvalue weighted by Gasteiger charge is 2.21. The maximum absolute atomic E-state index is 13.2. The van der Waals surface area contributed by atoms with Crippen molar-refractivity contribution < 1.29 is 23.1 Å². The van der Waals surface area contributed by atoms with Crippen molar-refractivity contribution in [3.05, 3.63) is 72.1 Å². The molecule has 0 unspecified atom stereocenters. The van der Waals surface area contributed by atoms with Crippen LogP contribution in [-0.4, -0.2) is 44.2 Å². The van der Waals surface area contributed by atoms with E-state index in [2.05, 4.69) is 25.9 Å². The third-order valence-electron chi connectivity index (χ3n) is 4.37. The van der Waals surface area contributed by atoms with Crippen molar-refractivity contribution in [1.29, 1.82) is 0 Å². The average molecular weight is 517 g/mol. The Morgan fingerprint density at radius 2 is 1.71 bits per heavy atom. The summed E-state index contributed by atoms with van der Waals surface area (Å²) in [6.45, 7) is 2.09. The lowest BCUT2D eigenvalue weighted by Gasteiger charge is -2.03. The topological polar surface area (TPSA) is 111 Å². The fraction of sp³-hybridized carbons (Fsp3) is 0.136. The van der Waals surface area contributed by atoms with Gasteiger partial charge in [-0.1, -0.05) is 23.1 Å². The Bertz CT molecular complexity index is 1330. The van der Waals surface area contributed by atoms with Crippen LogP contribution in [0.2, 0.25) is 0 Å². The molecular weight excluding hydrogens is 498 g/mol. The largest absolute Gasteiger partial charge is 0.490 e. The smallest absolute Gasteiger partial charge is 0.281 e. The first kappa shape index (κ1) is 24.3. The molecule has 180 valence electrons. The molecule has 13 heteroatoms. The van der Waals surface area contributed by atoms with E-state index in [-0.39, 0.29) is 34.1 Å². The van der Waals surface area contributed by atoms with E-state index in [0.29, 0.717) is 22.3 Å². The number of nitrogens with one attached hydrogen (secondary N) is 2. The van der Waals surface area contributed by atoms with Gasteiger partial charge in [0.2, 0.25) is 11.0 Å². The predicted octanol–water partition coefficient (Wildman–Crippen LogP) is 4.38. The van der Waals surface area contributed by atoms with Crippen molar-refractivity contribution in [3.63, 3.8) is 0 Å². The number of carbonyl (C=O) groups is 2. The van der Waals surface area contributed by atoms with Crippen molar-refractivity contribution in [2.24, 2.45) is 0 Å². The Balaban J connectivity index is 1.38. The summed E-state index contributed by atoms with van der Waals surface area (Å²) in [5.41, 5.74) is 1.06. The highest BCUT2D eigenvalue weighted by molar-refractivity contribution is 8.01. The standard InChI is InChI=1S/C22H18F2N6O3S2/c1-2-33-17-11-30(16-9-5-14(24)6-10-16)29-19(17)20(32)26-21-27-28-22(35-21)34-12-18(31)25-15-7-3-13(23)4-8-15/h3-11H,2,12H2,1H3,(H,25,31)(H,26,27,32). The number of hydrogen-bond acceptors (Lipinski definition) is 8. The van der Waals surface area contributed by atoms with E-state index in [4.69, 9.17) is 4.74 Å². The summed E-state index contributed by atoms with van der Waals surface area (Å²) in [6.07, 6.45) is 1.53. The van der Waals surface area contributed by atoms with Crippen LogP contribution in [0.5, 0.6) is 5.75 Å². The molecule has 0 saturated carbocycles. The van der Waals surface area contributed by atoms with Gasteiger partial charge in [0, 0.05) is 5.69 Å². The van der Waals surface area contributed by atoms with Crippen LogP contribution < -0.4 is 15.4 Å². The molecule has 2 aromatic heterocycles. The molecule has 2 aromatic carbocycles. The second-order valence-corrected chi connectivity index (χ2v) is 9.07. The normalized spacial score (nSPS) is 10.7. The Kier molecular flexibility index (Phi) is 7.67. The first-order chi connectivity index (χ1) is 16.9. The zero-order valence-electron chi connectivity index (χ0n) is 18.2. The quantitative estimate of drug-likeness (QED) is 0.251. The minimum Gasteiger partial charge on any atom is -0.490 e. The monoisotopic (exact) mass is 516 g/mol. The lowest BCUT2D eigenvalue weighted by molar-refractivity contribution is -0.113. The maximum Gasteiger partial charge on any atom is 0.281 e. The predicted molar refractivity (Wildman–Crippen MR) is 128 cm³/mol. The maximum atomic E-state index is 13.2. The van der Waals surface area contributed by atoms with Gasteiger partial charge in [0.05, 0.1) is 24.2 Å². The lowest BCUT2D eigenvalue weighted by atomic mass is 10.3. The van der Waals surface area contributed by atoms with Crippen LogP contribution in [0.15, 0.2) is 59.1 Å². The van der Waals surface area contributed by atoms with Gasteiger partial charge in [0.15, 0.2) is 15.8 Å². The van der Waals surface area contributed by atoms with E-state index in [1.54, 1.807) is 6.92 Å². The third-order valence-corrected chi connectivity index (χ3v) is 6.34. The number of rotatable bonds is 9. The average Bonchev–Trinajstić information content (AvgIpc) is 3.47. The second-order valence-electron chi connectivity index (χ2n) is 6.87. The van der Waals surface area contributed by atoms with Gasteiger partial charge in [-0.25, -0.2) is 13.5 Å². The van der Waals surface area contributed by atoms with Crippen molar-refractivity contribution >= 4 is 45.7 Å². The first-order valence-corrected chi connectivity index (χ1v) is 12.0. The zero-order valence-corrected chi connectivity index (χ0v) is 19.8. The first-order valence-electron chi connectivity index (χ1n) is 10.2. The fourth-order valence-electron chi connectivity index (χ4n) is 2.84. The van der Waals surface area contributed by atoms with Crippen LogP contribution in [0.4, 0.5) is 19.6 Å². The third kappa shape index (κ3) is 6.39. The number of nitrogens with zero attached hydrogens (tertiary/aromatic N) is 4. The molecule has 0 aliphatic heterocycles. The Labute approximate surface area is 206 Å². The second kappa shape index (κ2) is 11.1. The van der Waals surface area contributed by atoms with Gasteiger partial charge in [0.1, 0.15) is 11.6 Å². The van der Waals surface area contributed by atoms with Crippen LogP contribution in [0, 0.1) is 11.6 Å². The molecule has 4 rings (SSSR count). The van der Waals surface area contributed by atoms with Gasteiger partial charge in [-0.2, -0.15) is 5.10 Å². The molecule has 0 spiro atoms. The molecule has 0 saturated heterocycles. The van der Waals surface area contributed by atoms with Crippen molar-refractivity contribution in [2.75, 3.05) is 23.0 Å². The molecule has 2 N–H and O–H groups in total. The summed E-state index contributed by atoms with van der Waals surface area (Å²) >= 11 is 2.23. The van der Waals surface area contributed by atoms with Crippen LogP contribution in [0.25, 0.3) is 5.69 Å². The van der Waals surface area contributed by atoms with E-state index in [9.17, 15) is 18.4 Å². The summed E-state index contributed by atoms with van der Waals surface area (Å²) in [5, 5.41) is 17.7. The van der Waals surface area contributed by atoms with E-state index in [0.717, 1.165) is 23.1 Å². The van der Waals surface area contributed by atoms with Gasteiger partial charge in [-0.05, 0) is 55.5 Å². The summed E-state index contributed by atoms with van der Waals surface area (Å²) < 4.78 is 33.6. The van der Waals surface area contributed by atoms with Gasteiger partial charge in [-0.15, -0.1) is 10.2 Å². The van der Waals surface area contributed by atoms with Gasteiger partial charge in [-0.3, -0.25) is 14.9 Å². The van der Waals surface area contributed by atoms with Gasteiger partial charge >= 0.3 is 0 Å². The van der Waals surface area contributed by atoms with Gasteiger partial charge in [0.25, 0.3) is 5.91 Å². The molecule has 0 radical (unpaired) electrons. The highest BCUT2D eigenvalue weighted by atomic mass is 32.2. The number of anilines is 2. The number of halogens is 2. The summed E-state index contributed by atoms with van der Waals surface area (Å²) in [5.74, 6) is -1.33. The molecule has 0 aliphatic carbocycles. The van der Waals surface area contributed by atoms with E-state index in [1.807, 2.05) is 0 Å². The molecule has 2 amide bonds. The summed E-state index contributed by atoms with van der Waals surface area (Å²) in [7, 11) is 0. The van der Waals surface area contributed by atoms with Crippen LogP contribution >= 0.6 is 23.1 Å². The molecular formula is C22H18F2N6O3S2. The molecule has 0 bridgehead atoms. The number of benzene rings is 2. The Morgan fingerprint density at radius 1 is 1.03 bits per heavy atom. The molecule has 0 atom stereocenters. The Morgan fingerprint density at radius 3 is 2.40 bits per heavy atom. The SMILES string of the molecule is CCOc1cn(-c2ccc(F)cc2)nc1C(=O)Nc1nnc(SCC(=O)Nc2ccc(F)cc2)s1.